The molecule has 0 N–H and O–H groups in total. The van der Waals surface area contributed by atoms with E-state index in [1.54, 1.807) is 0 Å². The first-order valence-electron chi connectivity index (χ1n) is 5.66. The summed E-state index contributed by atoms with van der Waals surface area (Å²) in [6.45, 7) is 4.07. The highest BCUT2D eigenvalue weighted by molar-refractivity contribution is 5.64. The van der Waals surface area contributed by atoms with Gasteiger partial charge in [-0.15, -0.1) is 6.42 Å². The number of rotatable bonds is 2. The number of hydrogen-bond donors (Lipinski definition) is 0. The fourth-order valence-corrected chi connectivity index (χ4v) is 1.93. The predicted molar refractivity (Wildman–Crippen MR) is 67.3 cm³/mol. The van der Waals surface area contributed by atoms with Gasteiger partial charge in [-0.1, -0.05) is 12.0 Å². The van der Waals surface area contributed by atoms with Gasteiger partial charge in [-0.05, 0) is 56.0 Å². The quantitative estimate of drug-likeness (QED) is 0.682. The molecule has 1 aliphatic rings. The summed E-state index contributed by atoms with van der Waals surface area (Å²) in [6, 6.07) is 6.22. The lowest BCUT2D eigenvalue weighted by Gasteiger charge is -2.16. The van der Waals surface area contributed by atoms with Crippen LogP contribution < -0.4 is 4.74 Å². The van der Waals surface area contributed by atoms with Gasteiger partial charge in [0.05, 0.1) is 6.10 Å². The Labute approximate surface area is 97.1 Å². The van der Waals surface area contributed by atoms with Crippen LogP contribution in [-0.2, 0) is 6.42 Å². The van der Waals surface area contributed by atoms with Gasteiger partial charge < -0.3 is 4.74 Å². The lowest BCUT2D eigenvalue weighted by atomic mass is 9.92. The molecule has 16 heavy (non-hydrogen) atoms. The van der Waals surface area contributed by atoms with E-state index >= 15 is 0 Å². The summed E-state index contributed by atoms with van der Waals surface area (Å²) in [5.41, 5.74) is 3.65. The SMILES string of the molecule is C#CC1=Cc2ccc(OC(C)C)cc2CC1. The minimum atomic E-state index is 0.221. The van der Waals surface area contributed by atoms with Gasteiger partial charge in [0.25, 0.3) is 0 Å². The van der Waals surface area contributed by atoms with Crippen molar-refractivity contribution >= 4 is 6.08 Å². The van der Waals surface area contributed by atoms with Crippen molar-refractivity contribution in [1.29, 1.82) is 0 Å². The maximum Gasteiger partial charge on any atom is 0.120 e. The maximum atomic E-state index is 5.67. The van der Waals surface area contributed by atoms with Crippen molar-refractivity contribution in [2.45, 2.75) is 32.8 Å². The number of fused-ring (bicyclic) bond motifs is 1. The van der Waals surface area contributed by atoms with Crippen LogP contribution in [0.4, 0.5) is 0 Å². The van der Waals surface area contributed by atoms with Crippen LogP contribution in [0.15, 0.2) is 23.8 Å². The number of terminal acetylenes is 1. The Balaban J connectivity index is 2.29. The summed E-state index contributed by atoms with van der Waals surface area (Å²) < 4.78 is 5.67. The third-order valence-corrected chi connectivity index (χ3v) is 2.67. The number of benzene rings is 1. The van der Waals surface area contributed by atoms with Crippen LogP contribution in [0.2, 0.25) is 0 Å². The second-order valence-corrected chi connectivity index (χ2v) is 4.34. The van der Waals surface area contributed by atoms with Crippen molar-refractivity contribution in [3.8, 4) is 18.1 Å². The van der Waals surface area contributed by atoms with Gasteiger partial charge in [-0.25, -0.2) is 0 Å². The Morgan fingerprint density at radius 1 is 1.31 bits per heavy atom. The van der Waals surface area contributed by atoms with E-state index in [0.29, 0.717) is 0 Å². The van der Waals surface area contributed by atoms with Crippen molar-refractivity contribution in [3.05, 3.63) is 34.9 Å². The molecule has 1 heteroatoms. The predicted octanol–water partition coefficient (Wildman–Crippen LogP) is 3.44. The lowest BCUT2D eigenvalue weighted by Crippen LogP contribution is -2.06. The average molecular weight is 212 g/mol. The Hall–Kier alpha value is -1.68. The van der Waals surface area contributed by atoms with Gasteiger partial charge in [0.1, 0.15) is 5.75 Å². The van der Waals surface area contributed by atoms with Crippen LogP contribution in [0.3, 0.4) is 0 Å². The number of ether oxygens (including phenoxy) is 1. The van der Waals surface area contributed by atoms with E-state index in [4.69, 9.17) is 11.2 Å². The molecule has 0 heterocycles. The largest absolute Gasteiger partial charge is 0.491 e. The van der Waals surface area contributed by atoms with Crippen molar-refractivity contribution in [2.75, 3.05) is 0 Å². The molecule has 0 spiro atoms. The van der Waals surface area contributed by atoms with Crippen molar-refractivity contribution in [1.82, 2.24) is 0 Å². The zero-order valence-electron chi connectivity index (χ0n) is 9.79. The maximum absolute atomic E-state index is 5.67. The van der Waals surface area contributed by atoms with Crippen LogP contribution in [0.25, 0.3) is 6.08 Å². The van der Waals surface area contributed by atoms with Crippen LogP contribution >= 0.6 is 0 Å². The smallest absolute Gasteiger partial charge is 0.120 e. The molecule has 0 aliphatic heterocycles. The topological polar surface area (TPSA) is 9.23 Å². The number of allylic oxidation sites excluding steroid dienone is 1. The Kier molecular flexibility index (Phi) is 3.01. The van der Waals surface area contributed by atoms with Crippen molar-refractivity contribution < 1.29 is 4.74 Å². The molecule has 0 aromatic heterocycles. The zero-order chi connectivity index (χ0) is 11.5. The first-order chi connectivity index (χ1) is 7.69. The van der Waals surface area contributed by atoms with Gasteiger partial charge >= 0.3 is 0 Å². The number of aryl methyl sites for hydroxylation is 1. The number of hydrogen-bond acceptors (Lipinski definition) is 1. The zero-order valence-corrected chi connectivity index (χ0v) is 9.79. The monoisotopic (exact) mass is 212 g/mol. The van der Waals surface area contributed by atoms with Crippen molar-refractivity contribution in [2.24, 2.45) is 0 Å². The van der Waals surface area contributed by atoms with Gasteiger partial charge in [0.15, 0.2) is 0 Å². The highest BCUT2D eigenvalue weighted by Crippen LogP contribution is 2.27. The first-order valence-corrected chi connectivity index (χ1v) is 5.66. The fourth-order valence-electron chi connectivity index (χ4n) is 1.93. The molecule has 0 amide bonds. The summed E-state index contributed by atoms with van der Waals surface area (Å²) in [4.78, 5) is 0. The second-order valence-electron chi connectivity index (χ2n) is 4.34. The van der Waals surface area contributed by atoms with Gasteiger partial charge in [-0.2, -0.15) is 0 Å². The summed E-state index contributed by atoms with van der Waals surface area (Å²) in [5.74, 6) is 3.67. The Morgan fingerprint density at radius 3 is 2.81 bits per heavy atom. The normalized spacial score (nSPS) is 14.0. The van der Waals surface area contributed by atoms with Crippen molar-refractivity contribution in [3.63, 3.8) is 0 Å². The summed E-state index contributed by atoms with van der Waals surface area (Å²) >= 11 is 0. The van der Waals surface area contributed by atoms with Gasteiger partial charge in [0.2, 0.25) is 0 Å². The van der Waals surface area contributed by atoms with E-state index in [2.05, 4.69) is 24.1 Å². The van der Waals surface area contributed by atoms with E-state index in [9.17, 15) is 0 Å². The molecule has 0 fully saturated rings. The molecule has 1 aromatic carbocycles. The molecule has 0 atom stereocenters. The fraction of sp³-hybridized carbons (Fsp3) is 0.333. The second kappa shape index (κ2) is 4.45. The lowest BCUT2D eigenvalue weighted by molar-refractivity contribution is 0.242. The molecule has 0 saturated heterocycles. The molecule has 0 radical (unpaired) electrons. The highest BCUT2D eigenvalue weighted by Gasteiger charge is 2.10. The third-order valence-electron chi connectivity index (χ3n) is 2.67. The first kappa shape index (κ1) is 10.8. The van der Waals surface area contributed by atoms with E-state index in [1.807, 2.05) is 19.9 Å². The highest BCUT2D eigenvalue weighted by atomic mass is 16.5. The molecular formula is C15H16O. The van der Waals surface area contributed by atoms with Crippen LogP contribution in [0, 0.1) is 12.3 Å². The average Bonchev–Trinajstić information content (AvgIpc) is 2.27. The van der Waals surface area contributed by atoms with Crippen LogP contribution in [-0.4, -0.2) is 6.10 Å². The molecular weight excluding hydrogens is 196 g/mol. The molecule has 0 bridgehead atoms. The van der Waals surface area contributed by atoms with Gasteiger partial charge in [0, 0.05) is 5.57 Å². The summed E-state index contributed by atoms with van der Waals surface area (Å²) in [6.07, 6.45) is 9.71. The molecule has 1 aromatic rings. The van der Waals surface area contributed by atoms with Crippen LogP contribution in [0.5, 0.6) is 5.75 Å². The molecule has 2 rings (SSSR count). The minimum absolute atomic E-state index is 0.221. The Morgan fingerprint density at radius 2 is 2.12 bits per heavy atom. The summed E-state index contributed by atoms with van der Waals surface area (Å²) in [7, 11) is 0. The molecule has 0 unspecified atom stereocenters. The van der Waals surface area contributed by atoms with Gasteiger partial charge in [-0.3, -0.25) is 0 Å². The van der Waals surface area contributed by atoms with Crippen LogP contribution in [0.1, 0.15) is 31.4 Å². The molecule has 82 valence electrons. The molecule has 1 aliphatic carbocycles. The van der Waals surface area contributed by atoms with E-state index in [1.165, 1.54) is 11.1 Å². The minimum Gasteiger partial charge on any atom is -0.491 e. The summed E-state index contributed by atoms with van der Waals surface area (Å²) in [5, 5.41) is 0. The third kappa shape index (κ3) is 2.28. The molecule has 1 nitrogen and oxygen atoms in total. The van der Waals surface area contributed by atoms with E-state index < -0.39 is 0 Å². The van der Waals surface area contributed by atoms with E-state index in [0.717, 1.165) is 24.2 Å². The standard InChI is InChI=1S/C15H16O/c1-4-12-5-6-14-10-15(16-11(2)3)8-7-13(14)9-12/h1,7-11H,5-6H2,2-3H3. The Bertz CT molecular complexity index is 461. The molecule has 0 saturated carbocycles. The van der Waals surface area contributed by atoms with E-state index in [-0.39, 0.29) is 6.10 Å².